The van der Waals surface area contributed by atoms with Crippen LogP contribution in [0.15, 0.2) is 42.5 Å². The van der Waals surface area contributed by atoms with E-state index in [0.717, 1.165) is 28.8 Å². The first-order chi connectivity index (χ1) is 15.6. The summed E-state index contributed by atoms with van der Waals surface area (Å²) in [5.41, 5.74) is 5.32. The van der Waals surface area contributed by atoms with Crippen LogP contribution in [0.4, 0.5) is 0 Å². The molecule has 4 rings (SSSR count). The van der Waals surface area contributed by atoms with Gasteiger partial charge in [-0.1, -0.05) is 35.9 Å². The van der Waals surface area contributed by atoms with Crippen molar-refractivity contribution in [1.29, 1.82) is 0 Å². The van der Waals surface area contributed by atoms with Gasteiger partial charge in [-0.15, -0.1) is 0 Å². The van der Waals surface area contributed by atoms with Gasteiger partial charge in [-0.2, -0.15) is 5.10 Å². The molecule has 0 radical (unpaired) electrons. The highest BCUT2D eigenvalue weighted by Gasteiger charge is 2.42. The number of ether oxygens (including phenoxy) is 3. The van der Waals surface area contributed by atoms with Gasteiger partial charge in [0.25, 0.3) is 5.91 Å². The minimum Gasteiger partial charge on any atom is -0.493 e. The zero-order valence-corrected chi connectivity index (χ0v) is 19.0. The first-order valence-electron chi connectivity index (χ1n) is 10.8. The van der Waals surface area contributed by atoms with E-state index in [9.17, 15) is 4.79 Å². The predicted octanol–water partition coefficient (Wildman–Crippen LogP) is 4.37. The number of nitrogens with one attached hydrogen (secondary N) is 1. The number of methoxy groups -OCH3 is 2. The quantitative estimate of drug-likeness (QED) is 0.505. The highest BCUT2D eigenvalue weighted by atomic mass is 16.5. The molecule has 168 valence electrons. The molecule has 2 heterocycles. The van der Waals surface area contributed by atoms with Gasteiger partial charge in [0, 0.05) is 31.4 Å². The molecule has 0 spiro atoms. The molecule has 32 heavy (non-hydrogen) atoms. The van der Waals surface area contributed by atoms with Gasteiger partial charge in [0.1, 0.15) is 5.69 Å². The number of hydrogen-bond acceptors (Lipinski definition) is 5. The molecule has 7 nitrogen and oxygen atoms in total. The molecule has 0 bridgehead atoms. The van der Waals surface area contributed by atoms with E-state index in [1.54, 1.807) is 14.2 Å². The van der Waals surface area contributed by atoms with Gasteiger partial charge in [0.05, 0.1) is 25.5 Å². The van der Waals surface area contributed by atoms with E-state index in [1.165, 1.54) is 5.56 Å². The second-order valence-electron chi connectivity index (χ2n) is 7.82. The van der Waals surface area contributed by atoms with Crippen molar-refractivity contribution in [2.45, 2.75) is 26.3 Å². The average molecular weight is 436 g/mol. The van der Waals surface area contributed by atoms with Crippen molar-refractivity contribution < 1.29 is 19.0 Å². The van der Waals surface area contributed by atoms with E-state index in [2.05, 4.69) is 29.3 Å². The molecule has 3 aromatic rings. The van der Waals surface area contributed by atoms with Crippen LogP contribution in [0.3, 0.4) is 0 Å². The van der Waals surface area contributed by atoms with Crippen LogP contribution in [0.25, 0.3) is 11.3 Å². The maximum absolute atomic E-state index is 13.4. The number of hydrogen-bond donors (Lipinski definition) is 1. The lowest BCUT2D eigenvalue weighted by atomic mass is 9.95. The van der Waals surface area contributed by atoms with Crippen LogP contribution in [-0.2, 0) is 4.74 Å². The van der Waals surface area contributed by atoms with Crippen molar-refractivity contribution in [3.05, 3.63) is 64.8 Å². The number of benzene rings is 2. The Hall–Kier alpha value is -3.32. The number of carbonyl (C=O) groups excluding carboxylic acids is 1. The lowest BCUT2D eigenvalue weighted by Gasteiger charge is -2.27. The summed E-state index contributed by atoms with van der Waals surface area (Å²) >= 11 is 0. The van der Waals surface area contributed by atoms with Crippen molar-refractivity contribution in [2.24, 2.45) is 0 Å². The lowest BCUT2D eigenvalue weighted by molar-refractivity contribution is 0.0723. The standard InChI is InChI=1S/C25H29N3O4/c1-5-32-19-12-11-18(15-20(19)31-4)24-21-22(17-9-7-16(2)8-10-17)26-27-23(21)25(29)28(24)13-6-14-30-3/h7-12,15,24H,5-6,13-14H2,1-4H3,(H,26,27). The fourth-order valence-corrected chi connectivity index (χ4v) is 4.21. The van der Waals surface area contributed by atoms with Crippen molar-refractivity contribution in [1.82, 2.24) is 15.1 Å². The monoisotopic (exact) mass is 435 g/mol. The summed E-state index contributed by atoms with van der Waals surface area (Å²) in [7, 11) is 3.29. The van der Waals surface area contributed by atoms with Crippen LogP contribution in [0, 0.1) is 6.92 Å². The Balaban J connectivity index is 1.82. The van der Waals surface area contributed by atoms with Gasteiger partial charge >= 0.3 is 0 Å². The molecule has 2 aromatic carbocycles. The molecule has 1 aliphatic rings. The first kappa shape index (κ1) is 21.9. The first-order valence-corrected chi connectivity index (χ1v) is 10.8. The minimum absolute atomic E-state index is 0.0557. The van der Waals surface area contributed by atoms with Crippen LogP contribution in [0.1, 0.15) is 46.6 Å². The topological polar surface area (TPSA) is 76.7 Å². The molecule has 1 amide bonds. The highest BCUT2D eigenvalue weighted by molar-refractivity contribution is 6.00. The molecule has 1 atom stereocenters. The predicted molar refractivity (Wildman–Crippen MR) is 122 cm³/mol. The fourth-order valence-electron chi connectivity index (χ4n) is 4.21. The Morgan fingerprint density at radius 3 is 2.56 bits per heavy atom. The van der Waals surface area contributed by atoms with Gasteiger partial charge < -0.3 is 19.1 Å². The van der Waals surface area contributed by atoms with E-state index in [4.69, 9.17) is 14.2 Å². The molecular weight excluding hydrogens is 406 g/mol. The Morgan fingerprint density at radius 1 is 1.09 bits per heavy atom. The Labute approximate surface area is 188 Å². The van der Waals surface area contributed by atoms with Crippen LogP contribution in [0.2, 0.25) is 0 Å². The van der Waals surface area contributed by atoms with Crippen molar-refractivity contribution in [2.75, 3.05) is 34.0 Å². The third-order valence-electron chi connectivity index (χ3n) is 5.74. The fraction of sp³-hybridized carbons (Fsp3) is 0.360. The normalized spacial score (nSPS) is 15.2. The summed E-state index contributed by atoms with van der Waals surface area (Å²) in [6, 6.07) is 13.8. The number of rotatable bonds is 9. The molecule has 0 saturated carbocycles. The Bertz CT molecular complexity index is 1090. The number of aryl methyl sites for hydroxylation is 1. The summed E-state index contributed by atoms with van der Waals surface area (Å²) in [6.45, 7) is 5.69. The molecule has 7 heteroatoms. The van der Waals surface area contributed by atoms with E-state index in [0.29, 0.717) is 37.0 Å². The smallest absolute Gasteiger partial charge is 0.273 e. The summed E-state index contributed by atoms with van der Waals surface area (Å²) in [5, 5.41) is 7.53. The summed E-state index contributed by atoms with van der Waals surface area (Å²) in [5.74, 6) is 1.27. The second-order valence-corrected chi connectivity index (χ2v) is 7.82. The van der Waals surface area contributed by atoms with Gasteiger partial charge in [-0.3, -0.25) is 9.89 Å². The van der Waals surface area contributed by atoms with Crippen molar-refractivity contribution >= 4 is 5.91 Å². The third kappa shape index (κ3) is 3.96. The molecule has 1 aromatic heterocycles. The van der Waals surface area contributed by atoms with Gasteiger partial charge in [-0.25, -0.2) is 0 Å². The van der Waals surface area contributed by atoms with Crippen molar-refractivity contribution in [3.8, 4) is 22.8 Å². The van der Waals surface area contributed by atoms with Gasteiger partial charge in [0.15, 0.2) is 11.5 Å². The molecule has 0 saturated heterocycles. The van der Waals surface area contributed by atoms with E-state index >= 15 is 0 Å². The van der Waals surface area contributed by atoms with E-state index in [1.807, 2.05) is 42.2 Å². The average Bonchev–Trinajstić information content (AvgIpc) is 3.34. The van der Waals surface area contributed by atoms with Crippen molar-refractivity contribution in [3.63, 3.8) is 0 Å². The number of amides is 1. The lowest BCUT2D eigenvalue weighted by Crippen LogP contribution is -2.31. The maximum Gasteiger partial charge on any atom is 0.273 e. The number of H-pyrrole nitrogens is 1. The molecule has 0 aliphatic carbocycles. The molecule has 1 aliphatic heterocycles. The Morgan fingerprint density at radius 2 is 1.88 bits per heavy atom. The van der Waals surface area contributed by atoms with E-state index < -0.39 is 0 Å². The molecule has 1 unspecified atom stereocenters. The third-order valence-corrected chi connectivity index (χ3v) is 5.74. The molecular formula is C25H29N3O4. The van der Waals surface area contributed by atoms with Crippen LogP contribution >= 0.6 is 0 Å². The number of aromatic nitrogens is 2. The zero-order valence-electron chi connectivity index (χ0n) is 19.0. The number of carbonyl (C=O) groups is 1. The molecule has 0 fully saturated rings. The summed E-state index contributed by atoms with van der Waals surface area (Å²) in [6.07, 6.45) is 0.741. The summed E-state index contributed by atoms with van der Waals surface area (Å²) in [4.78, 5) is 15.2. The van der Waals surface area contributed by atoms with Crippen LogP contribution in [0.5, 0.6) is 11.5 Å². The number of fused-ring (bicyclic) bond motifs is 1. The maximum atomic E-state index is 13.4. The van der Waals surface area contributed by atoms with Gasteiger partial charge in [0.2, 0.25) is 0 Å². The van der Waals surface area contributed by atoms with E-state index in [-0.39, 0.29) is 11.9 Å². The second kappa shape index (κ2) is 9.44. The Kier molecular flexibility index (Phi) is 6.46. The summed E-state index contributed by atoms with van der Waals surface area (Å²) < 4.78 is 16.5. The van der Waals surface area contributed by atoms with Crippen LogP contribution < -0.4 is 9.47 Å². The zero-order chi connectivity index (χ0) is 22.7. The number of nitrogens with zero attached hydrogens (tertiary/aromatic N) is 2. The van der Waals surface area contributed by atoms with Gasteiger partial charge in [-0.05, 0) is 38.0 Å². The largest absolute Gasteiger partial charge is 0.493 e. The number of aromatic amines is 1. The SMILES string of the molecule is CCOc1ccc(C2c3c(-c4ccc(C)cc4)n[nH]c3C(=O)N2CCCOC)cc1OC. The molecule has 1 N–H and O–H groups in total. The minimum atomic E-state index is -0.283. The highest BCUT2D eigenvalue weighted by Crippen LogP contribution is 2.44. The van der Waals surface area contributed by atoms with Crippen LogP contribution in [-0.4, -0.2) is 55.0 Å².